The van der Waals surface area contributed by atoms with Crippen molar-refractivity contribution >= 4 is 11.7 Å². The molecule has 2 aromatic rings. The number of pyridine rings is 1. The number of nitrogens with one attached hydrogen (secondary N) is 1. The van der Waals surface area contributed by atoms with E-state index in [-0.39, 0.29) is 5.56 Å². The maximum atomic E-state index is 13.2. The van der Waals surface area contributed by atoms with E-state index in [9.17, 15) is 9.18 Å². The first kappa shape index (κ1) is 10.3. The van der Waals surface area contributed by atoms with Crippen LogP contribution >= 0.6 is 0 Å². The Labute approximate surface area is 90.9 Å². The molecular formula is C10H9FN4O. The van der Waals surface area contributed by atoms with Crippen LogP contribution in [0.5, 0.6) is 0 Å². The van der Waals surface area contributed by atoms with Crippen molar-refractivity contribution in [3.63, 3.8) is 0 Å². The summed E-state index contributed by atoms with van der Waals surface area (Å²) in [6.07, 6.45) is 2.82. The summed E-state index contributed by atoms with van der Waals surface area (Å²) in [5, 5.41) is 6.41. The lowest BCUT2D eigenvalue weighted by Crippen LogP contribution is -2.16. The summed E-state index contributed by atoms with van der Waals surface area (Å²) in [7, 11) is 1.68. The average molecular weight is 220 g/mol. The van der Waals surface area contributed by atoms with Crippen molar-refractivity contribution in [1.82, 2.24) is 14.8 Å². The van der Waals surface area contributed by atoms with Gasteiger partial charge in [-0.05, 0) is 12.1 Å². The Balaban J connectivity index is 2.22. The molecule has 0 fully saturated rings. The molecule has 0 aliphatic heterocycles. The number of aromatic nitrogens is 3. The zero-order chi connectivity index (χ0) is 11.5. The highest BCUT2D eigenvalue weighted by molar-refractivity contribution is 6.03. The van der Waals surface area contributed by atoms with Gasteiger partial charge in [0.05, 0.1) is 11.8 Å². The third kappa shape index (κ3) is 1.90. The molecule has 1 N–H and O–H groups in total. The summed E-state index contributed by atoms with van der Waals surface area (Å²) in [5.74, 6) is -0.843. The van der Waals surface area contributed by atoms with Crippen LogP contribution in [0.25, 0.3) is 0 Å². The zero-order valence-corrected chi connectivity index (χ0v) is 8.51. The minimum absolute atomic E-state index is 0.0938. The number of hydrogen-bond donors (Lipinski definition) is 1. The molecule has 2 rings (SSSR count). The van der Waals surface area contributed by atoms with Crippen LogP contribution in [0.2, 0.25) is 0 Å². The van der Waals surface area contributed by atoms with Crippen LogP contribution in [-0.2, 0) is 7.05 Å². The number of anilines is 1. The van der Waals surface area contributed by atoms with Crippen LogP contribution < -0.4 is 5.32 Å². The molecule has 0 unspecified atom stereocenters. The van der Waals surface area contributed by atoms with Gasteiger partial charge in [-0.15, -0.1) is 0 Å². The number of hydrogen-bond acceptors (Lipinski definition) is 3. The van der Waals surface area contributed by atoms with Crippen LogP contribution in [0.3, 0.4) is 0 Å². The molecule has 2 heterocycles. The highest BCUT2D eigenvalue weighted by Gasteiger charge is 2.13. The van der Waals surface area contributed by atoms with Gasteiger partial charge in [0.1, 0.15) is 5.82 Å². The van der Waals surface area contributed by atoms with Gasteiger partial charge in [0.15, 0.2) is 0 Å². The van der Waals surface area contributed by atoms with E-state index in [2.05, 4.69) is 15.4 Å². The lowest BCUT2D eigenvalue weighted by atomic mass is 10.2. The van der Waals surface area contributed by atoms with E-state index in [4.69, 9.17) is 0 Å². The van der Waals surface area contributed by atoms with Gasteiger partial charge in [0.2, 0.25) is 5.95 Å². The first-order valence-electron chi connectivity index (χ1n) is 4.58. The second-order valence-electron chi connectivity index (χ2n) is 3.14. The maximum Gasteiger partial charge on any atom is 0.261 e. The molecule has 16 heavy (non-hydrogen) atoms. The van der Waals surface area contributed by atoms with Crippen LogP contribution in [0, 0.1) is 5.95 Å². The summed E-state index contributed by atoms with van der Waals surface area (Å²) in [5.41, 5.74) is -0.0938. The number of carbonyl (C=O) groups is 1. The van der Waals surface area contributed by atoms with Gasteiger partial charge < -0.3 is 5.32 Å². The molecule has 1 amide bonds. The second kappa shape index (κ2) is 4.09. The molecule has 0 bridgehead atoms. The monoisotopic (exact) mass is 220 g/mol. The summed E-state index contributed by atoms with van der Waals surface area (Å²) in [4.78, 5) is 15.1. The lowest BCUT2D eigenvalue weighted by Gasteiger charge is -2.05. The number of halogens is 1. The number of carbonyl (C=O) groups excluding carboxylic acids is 1. The molecule has 82 valence electrons. The van der Waals surface area contributed by atoms with Gasteiger partial charge in [0.25, 0.3) is 5.91 Å². The van der Waals surface area contributed by atoms with Crippen LogP contribution in [0.1, 0.15) is 10.4 Å². The standard InChI is InChI=1S/C10H9FN4O/c1-15-8(4-6-13-15)14-10(16)7-3-2-5-12-9(7)11/h2-6H,1H3,(H,14,16). The molecule has 2 aromatic heterocycles. The first-order valence-corrected chi connectivity index (χ1v) is 4.58. The minimum atomic E-state index is -0.790. The number of nitrogens with zero attached hydrogens (tertiary/aromatic N) is 3. The topological polar surface area (TPSA) is 59.8 Å². The van der Waals surface area contributed by atoms with E-state index in [1.165, 1.54) is 29.2 Å². The van der Waals surface area contributed by atoms with Gasteiger partial charge in [0, 0.05) is 19.3 Å². The van der Waals surface area contributed by atoms with E-state index in [0.29, 0.717) is 5.82 Å². The predicted octanol–water partition coefficient (Wildman–Crippen LogP) is 1.21. The van der Waals surface area contributed by atoms with Crippen molar-refractivity contribution in [2.45, 2.75) is 0 Å². The molecular weight excluding hydrogens is 211 g/mol. The first-order chi connectivity index (χ1) is 7.68. The van der Waals surface area contributed by atoms with E-state index in [1.807, 2.05) is 0 Å². The zero-order valence-electron chi connectivity index (χ0n) is 8.51. The average Bonchev–Trinajstić information content (AvgIpc) is 2.65. The molecule has 0 saturated carbocycles. The predicted molar refractivity (Wildman–Crippen MR) is 55.4 cm³/mol. The number of rotatable bonds is 2. The Kier molecular flexibility index (Phi) is 2.63. The van der Waals surface area contributed by atoms with Gasteiger partial charge in [-0.2, -0.15) is 9.49 Å². The van der Waals surface area contributed by atoms with Crippen molar-refractivity contribution < 1.29 is 9.18 Å². The largest absolute Gasteiger partial charge is 0.307 e. The van der Waals surface area contributed by atoms with Gasteiger partial charge in [-0.25, -0.2) is 4.98 Å². The maximum absolute atomic E-state index is 13.2. The smallest absolute Gasteiger partial charge is 0.261 e. The third-order valence-corrected chi connectivity index (χ3v) is 2.07. The Bertz CT molecular complexity index is 523. The molecule has 0 aliphatic carbocycles. The second-order valence-corrected chi connectivity index (χ2v) is 3.14. The Morgan fingerprint density at radius 2 is 2.25 bits per heavy atom. The van der Waals surface area contributed by atoms with Gasteiger partial charge in [-0.3, -0.25) is 9.48 Å². The van der Waals surface area contributed by atoms with Crippen LogP contribution in [0.4, 0.5) is 10.2 Å². The molecule has 0 saturated heterocycles. The van der Waals surface area contributed by atoms with Crippen molar-refractivity contribution in [1.29, 1.82) is 0 Å². The quantitative estimate of drug-likeness (QED) is 0.774. The van der Waals surface area contributed by atoms with E-state index in [0.717, 1.165) is 0 Å². The highest BCUT2D eigenvalue weighted by Crippen LogP contribution is 2.08. The van der Waals surface area contributed by atoms with Crippen molar-refractivity contribution in [3.05, 3.63) is 42.1 Å². The fourth-order valence-electron chi connectivity index (χ4n) is 1.24. The summed E-state index contributed by atoms with van der Waals surface area (Å²) < 4.78 is 14.7. The number of amides is 1. The Hall–Kier alpha value is -2.24. The Morgan fingerprint density at radius 3 is 2.88 bits per heavy atom. The normalized spacial score (nSPS) is 10.1. The van der Waals surface area contributed by atoms with Crippen LogP contribution in [-0.4, -0.2) is 20.7 Å². The number of aryl methyl sites for hydroxylation is 1. The highest BCUT2D eigenvalue weighted by atomic mass is 19.1. The molecule has 0 aliphatic rings. The molecule has 6 heteroatoms. The molecule has 0 radical (unpaired) electrons. The van der Waals surface area contributed by atoms with Crippen molar-refractivity contribution in [2.75, 3.05) is 5.32 Å². The van der Waals surface area contributed by atoms with E-state index in [1.54, 1.807) is 13.1 Å². The van der Waals surface area contributed by atoms with Gasteiger partial charge >= 0.3 is 0 Å². The summed E-state index contributed by atoms with van der Waals surface area (Å²) in [6, 6.07) is 4.49. The minimum Gasteiger partial charge on any atom is -0.307 e. The molecule has 0 spiro atoms. The summed E-state index contributed by atoms with van der Waals surface area (Å²) in [6.45, 7) is 0. The molecule has 5 nitrogen and oxygen atoms in total. The molecule has 0 atom stereocenters. The Morgan fingerprint density at radius 1 is 1.44 bits per heavy atom. The fourth-order valence-corrected chi connectivity index (χ4v) is 1.24. The SMILES string of the molecule is Cn1nccc1NC(=O)c1cccnc1F. The summed E-state index contributed by atoms with van der Waals surface area (Å²) >= 11 is 0. The van der Waals surface area contributed by atoms with Crippen molar-refractivity contribution in [3.8, 4) is 0 Å². The molecule has 0 aromatic carbocycles. The van der Waals surface area contributed by atoms with Crippen LogP contribution in [0.15, 0.2) is 30.6 Å². The lowest BCUT2D eigenvalue weighted by molar-refractivity contribution is 0.102. The van der Waals surface area contributed by atoms with Crippen molar-refractivity contribution in [2.24, 2.45) is 7.05 Å². The van der Waals surface area contributed by atoms with E-state index < -0.39 is 11.9 Å². The fraction of sp³-hybridized carbons (Fsp3) is 0.100. The van der Waals surface area contributed by atoms with Gasteiger partial charge in [-0.1, -0.05) is 0 Å². The third-order valence-electron chi connectivity index (χ3n) is 2.07. The van der Waals surface area contributed by atoms with E-state index >= 15 is 0 Å².